The van der Waals surface area contributed by atoms with E-state index >= 15 is 0 Å². The lowest BCUT2D eigenvalue weighted by Gasteiger charge is -2.05. The van der Waals surface area contributed by atoms with Crippen LogP contribution in [-0.2, 0) is 11.3 Å². The van der Waals surface area contributed by atoms with Crippen molar-refractivity contribution in [2.45, 2.75) is 6.54 Å². The summed E-state index contributed by atoms with van der Waals surface area (Å²) in [7, 11) is 1.74. The maximum absolute atomic E-state index is 5.19. The molecule has 0 bridgehead atoms. The number of rotatable bonds is 3. The number of methoxy groups -OCH3 is 1. The van der Waals surface area contributed by atoms with Crippen molar-refractivity contribution < 1.29 is 4.74 Å². The SMILES string of the molecule is COCCn1c2ccccc2c2ccccc21. The Morgan fingerprint density at radius 1 is 0.882 bits per heavy atom. The first-order chi connectivity index (χ1) is 8.42. The van der Waals surface area contributed by atoms with Gasteiger partial charge in [-0.3, -0.25) is 0 Å². The van der Waals surface area contributed by atoms with Crippen molar-refractivity contribution in [1.82, 2.24) is 4.57 Å². The highest BCUT2D eigenvalue weighted by Gasteiger charge is 2.08. The lowest BCUT2D eigenvalue weighted by Crippen LogP contribution is -2.03. The van der Waals surface area contributed by atoms with Gasteiger partial charge >= 0.3 is 0 Å². The van der Waals surface area contributed by atoms with Gasteiger partial charge in [0, 0.05) is 35.5 Å². The van der Waals surface area contributed by atoms with Crippen LogP contribution in [0.3, 0.4) is 0 Å². The summed E-state index contributed by atoms with van der Waals surface area (Å²) in [4.78, 5) is 0. The molecule has 3 aromatic rings. The maximum Gasteiger partial charge on any atom is 0.0642 e. The first-order valence-electron chi connectivity index (χ1n) is 5.87. The Balaban J connectivity index is 2.33. The summed E-state index contributed by atoms with van der Waals surface area (Å²) >= 11 is 0. The van der Waals surface area contributed by atoms with Crippen molar-refractivity contribution in [3.8, 4) is 0 Å². The van der Waals surface area contributed by atoms with E-state index in [0.717, 1.165) is 13.2 Å². The van der Waals surface area contributed by atoms with Crippen molar-refractivity contribution in [2.24, 2.45) is 0 Å². The summed E-state index contributed by atoms with van der Waals surface area (Å²) in [5.74, 6) is 0. The zero-order valence-electron chi connectivity index (χ0n) is 9.89. The molecule has 2 nitrogen and oxygen atoms in total. The van der Waals surface area contributed by atoms with Gasteiger partial charge in [0.15, 0.2) is 0 Å². The molecule has 0 fully saturated rings. The fourth-order valence-corrected chi connectivity index (χ4v) is 2.43. The van der Waals surface area contributed by atoms with Gasteiger partial charge in [-0.05, 0) is 12.1 Å². The predicted molar refractivity (Wildman–Crippen MR) is 71.3 cm³/mol. The topological polar surface area (TPSA) is 14.2 Å². The van der Waals surface area contributed by atoms with Crippen molar-refractivity contribution in [1.29, 1.82) is 0 Å². The van der Waals surface area contributed by atoms with E-state index in [1.54, 1.807) is 7.11 Å². The molecule has 0 spiro atoms. The molecule has 0 aliphatic rings. The smallest absolute Gasteiger partial charge is 0.0642 e. The van der Waals surface area contributed by atoms with Gasteiger partial charge in [0.25, 0.3) is 0 Å². The first kappa shape index (κ1) is 10.4. The maximum atomic E-state index is 5.19. The van der Waals surface area contributed by atoms with Crippen LogP contribution in [0.5, 0.6) is 0 Å². The summed E-state index contributed by atoms with van der Waals surface area (Å²) in [5.41, 5.74) is 2.57. The number of aromatic nitrogens is 1. The number of benzene rings is 2. The fourth-order valence-electron chi connectivity index (χ4n) is 2.43. The lowest BCUT2D eigenvalue weighted by molar-refractivity contribution is 0.189. The average Bonchev–Trinajstić information content (AvgIpc) is 2.71. The molecule has 0 N–H and O–H groups in total. The van der Waals surface area contributed by atoms with Crippen LogP contribution >= 0.6 is 0 Å². The minimum atomic E-state index is 0.739. The van der Waals surface area contributed by atoms with E-state index in [-0.39, 0.29) is 0 Å². The molecular weight excluding hydrogens is 210 g/mol. The van der Waals surface area contributed by atoms with E-state index in [2.05, 4.69) is 53.1 Å². The molecule has 0 aliphatic carbocycles. The van der Waals surface area contributed by atoms with Gasteiger partial charge in [-0.2, -0.15) is 0 Å². The van der Waals surface area contributed by atoms with Gasteiger partial charge in [-0.15, -0.1) is 0 Å². The summed E-state index contributed by atoms with van der Waals surface area (Å²) in [5, 5.41) is 2.64. The number of fused-ring (bicyclic) bond motifs is 3. The normalized spacial score (nSPS) is 11.4. The molecule has 2 heteroatoms. The Hall–Kier alpha value is -1.80. The molecule has 1 heterocycles. The monoisotopic (exact) mass is 225 g/mol. The zero-order chi connectivity index (χ0) is 11.7. The molecular formula is C15H15NO. The summed E-state index contributed by atoms with van der Waals surface area (Å²) in [6.07, 6.45) is 0. The Bertz CT molecular complexity index is 601. The third kappa shape index (κ3) is 1.61. The van der Waals surface area contributed by atoms with E-state index in [4.69, 9.17) is 4.74 Å². The number of ether oxygens (including phenoxy) is 1. The highest BCUT2D eigenvalue weighted by Crippen LogP contribution is 2.28. The largest absolute Gasteiger partial charge is 0.383 e. The molecule has 0 aliphatic heterocycles. The molecule has 0 unspecified atom stereocenters. The minimum Gasteiger partial charge on any atom is -0.383 e. The van der Waals surface area contributed by atoms with E-state index in [1.807, 2.05) is 0 Å². The predicted octanol–water partition coefficient (Wildman–Crippen LogP) is 3.44. The molecule has 0 radical (unpaired) electrons. The van der Waals surface area contributed by atoms with Crippen LogP contribution in [0.2, 0.25) is 0 Å². The molecule has 2 aromatic carbocycles. The Morgan fingerprint density at radius 3 is 1.94 bits per heavy atom. The van der Waals surface area contributed by atoms with Gasteiger partial charge in [-0.25, -0.2) is 0 Å². The lowest BCUT2D eigenvalue weighted by atomic mass is 10.2. The minimum absolute atomic E-state index is 0.739. The van der Waals surface area contributed by atoms with Crippen molar-refractivity contribution in [3.63, 3.8) is 0 Å². The molecule has 0 saturated heterocycles. The van der Waals surface area contributed by atoms with E-state index in [1.165, 1.54) is 21.8 Å². The molecule has 3 rings (SSSR count). The number of para-hydroxylation sites is 2. The highest BCUT2D eigenvalue weighted by atomic mass is 16.5. The second-order valence-electron chi connectivity index (χ2n) is 4.18. The van der Waals surface area contributed by atoms with Crippen LogP contribution in [0.25, 0.3) is 21.8 Å². The van der Waals surface area contributed by atoms with Gasteiger partial charge in [0.05, 0.1) is 6.61 Å². The van der Waals surface area contributed by atoms with Crippen molar-refractivity contribution >= 4 is 21.8 Å². The summed E-state index contributed by atoms with van der Waals surface area (Å²) < 4.78 is 7.52. The fraction of sp³-hybridized carbons (Fsp3) is 0.200. The third-order valence-electron chi connectivity index (χ3n) is 3.20. The zero-order valence-corrected chi connectivity index (χ0v) is 9.89. The second-order valence-corrected chi connectivity index (χ2v) is 4.18. The summed E-state index contributed by atoms with van der Waals surface area (Å²) in [6, 6.07) is 17.1. The van der Waals surface area contributed by atoms with Gasteiger partial charge in [0.2, 0.25) is 0 Å². The van der Waals surface area contributed by atoms with Crippen LogP contribution in [0.4, 0.5) is 0 Å². The van der Waals surface area contributed by atoms with E-state index in [0.29, 0.717) is 0 Å². The number of hydrogen-bond acceptors (Lipinski definition) is 1. The Labute approximate surface area is 100 Å². The highest BCUT2D eigenvalue weighted by molar-refractivity contribution is 6.07. The molecule has 1 aromatic heterocycles. The van der Waals surface area contributed by atoms with Crippen molar-refractivity contribution in [3.05, 3.63) is 48.5 Å². The van der Waals surface area contributed by atoms with Crippen LogP contribution < -0.4 is 0 Å². The molecule has 0 amide bonds. The van der Waals surface area contributed by atoms with Gasteiger partial charge < -0.3 is 9.30 Å². The van der Waals surface area contributed by atoms with Gasteiger partial charge in [0.1, 0.15) is 0 Å². The molecule has 86 valence electrons. The van der Waals surface area contributed by atoms with E-state index < -0.39 is 0 Å². The Morgan fingerprint density at radius 2 is 1.41 bits per heavy atom. The molecule has 0 atom stereocenters. The quantitative estimate of drug-likeness (QED) is 0.666. The van der Waals surface area contributed by atoms with Crippen LogP contribution in [0.1, 0.15) is 0 Å². The molecule has 17 heavy (non-hydrogen) atoms. The van der Waals surface area contributed by atoms with Crippen LogP contribution in [0.15, 0.2) is 48.5 Å². The second kappa shape index (κ2) is 4.22. The van der Waals surface area contributed by atoms with Crippen LogP contribution in [-0.4, -0.2) is 18.3 Å². The van der Waals surface area contributed by atoms with Gasteiger partial charge in [-0.1, -0.05) is 36.4 Å². The third-order valence-corrected chi connectivity index (χ3v) is 3.20. The standard InChI is InChI=1S/C15H15NO/c1-17-11-10-16-14-8-4-2-6-12(14)13-7-3-5-9-15(13)16/h2-9H,10-11H2,1H3. The molecule has 0 saturated carbocycles. The Kier molecular flexibility index (Phi) is 2.57. The van der Waals surface area contributed by atoms with Crippen molar-refractivity contribution in [2.75, 3.05) is 13.7 Å². The van der Waals surface area contributed by atoms with Crippen LogP contribution in [0, 0.1) is 0 Å². The number of nitrogens with zero attached hydrogens (tertiary/aromatic N) is 1. The summed E-state index contributed by atoms with van der Waals surface area (Å²) in [6.45, 7) is 1.63. The first-order valence-corrected chi connectivity index (χ1v) is 5.87. The average molecular weight is 225 g/mol. The van der Waals surface area contributed by atoms with E-state index in [9.17, 15) is 0 Å². The number of hydrogen-bond donors (Lipinski definition) is 0.